The van der Waals surface area contributed by atoms with Gasteiger partial charge in [0.15, 0.2) is 0 Å². The molecule has 11 nitrogen and oxygen atoms in total. The molecule has 0 bridgehead atoms. The van der Waals surface area contributed by atoms with Gasteiger partial charge in [-0.1, -0.05) is 48.5 Å². The maximum Gasteiger partial charge on any atom is 0.255 e. The lowest BCUT2D eigenvalue weighted by Crippen LogP contribution is -2.46. The van der Waals surface area contributed by atoms with Gasteiger partial charge in [0.2, 0.25) is 0 Å². The molecule has 0 unspecified atom stereocenters. The van der Waals surface area contributed by atoms with Crippen molar-refractivity contribution in [1.82, 2.24) is 29.9 Å². The third-order valence-corrected chi connectivity index (χ3v) is 8.54. The Morgan fingerprint density at radius 2 is 1.64 bits per heavy atom. The quantitative estimate of drug-likeness (QED) is 0.234. The summed E-state index contributed by atoms with van der Waals surface area (Å²) in [6.07, 6.45) is 4.94. The number of pyridine rings is 1. The Bertz CT molecular complexity index is 1570. The number of β-amino-alcohol motifs (C(OH)–C–C–N with tert-alkyl or cyclic N) is 1. The first-order chi connectivity index (χ1) is 21.9. The second-order valence-corrected chi connectivity index (χ2v) is 11.8. The number of nitrogens with zero attached hydrogens (tertiary/aromatic N) is 5. The van der Waals surface area contributed by atoms with Gasteiger partial charge in [-0.3, -0.25) is 19.3 Å². The zero-order chi connectivity index (χ0) is 31.2. The highest BCUT2D eigenvalue weighted by atomic mass is 16.5. The van der Waals surface area contributed by atoms with Crippen molar-refractivity contribution >= 4 is 11.7 Å². The highest BCUT2D eigenvalue weighted by Crippen LogP contribution is 2.24. The number of nitrogens with two attached hydrogens (primary N) is 1. The second kappa shape index (κ2) is 14.3. The number of piperazine rings is 1. The van der Waals surface area contributed by atoms with E-state index >= 15 is 0 Å². The van der Waals surface area contributed by atoms with Crippen molar-refractivity contribution in [2.75, 3.05) is 58.3 Å². The fourth-order valence-corrected chi connectivity index (χ4v) is 5.83. The molecule has 6 rings (SSSR count). The summed E-state index contributed by atoms with van der Waals surface area (Å²) in [5.74, 6) is -0.148. The Morgan fingerprint density at radius 3 is 2.31 bits per heavy atom. The normalized spacial score (nSPS) is 19.2. The molecule has 2 saturated heterocycles. The third kappa shape index (κ3) is 7.75. The van der Waals surface area contributed by atoms with Crippen molar-refractivity contribution in [3.05, 3.63) is 89.9 Å². The fourth-order valence-electron chi connectivity index (χ4n) is 5.83. The molecule has 0 spiro atoms. The molecule has 2 aliphatic heterocycles. The predicted molar refractivity (Wildman–Crippen MR) is 172 cm³/mol. The largest absolute Gasteiger partial charge is 0.395 e. The molecule has 236 valence electrons. The van der Waals surface area contributed by atoms with E-state index in [2.05, 4.69) is 73.7 Å². The number of carbonyl (C=O) groups is 1. The van der Waals surface area contributed by atoms with Crippen LogP contribution in [-0.4, -0.2) is 100 Å². The van der Waals surface area contributed by atoms with E-state index in [0.717, 1.165) is 61.5 Å². The number of rotatable bonds is 11. The van der Waals surface area contributed by atoms with E-state index in [1.165, 1.54) is 11.1 Å². The van der Waals surface area contributed by atoms with Crippen LogP contribution in [0.25, 0.3) is 22.3 Å². The first kappa shape index (κ1) is 30.9. The number of hydrogen-bond donors (Lipinski definition) is 3. The van der Waals surface area contributed by atoms with E-state index in [1.807, 2.05) is 13.2 Å². The Balaban J connectivity index is 0.999. The highest BCUT2D eigenvalue weighted by Gasteiger charge is 2.31. The Morgan fingerprint density at radius 1 is 0.956 bits per heavy atom. The van der Waals surface area contributed by atoms with Gasteiger partial charge in [-0.15, -0.1) is 0 Å². The van der Waals surface area contributed by atoms with Crippen molar-refractivity contribution < 1.29 is 19.4 Å². The first-order valence-corrected chi connectivity index (χ1v) is 15.4. The van der Waals surface area contributed by atoms with Crippen LogP contribution in [0.4, 0.5) is 5.82 Å². The topological polar surface area (TPSA) is 131 Å². The summed E-state index contributed by atoms with van der Waals surface area (Å²) in [6.45, 7) is 7.17. The molecule has 0 aliphatic carbocycles. The molecule has 2 aromatic carbocycles. The number of anilines is 1. The zero-order valence-electron chi connectivity index (χ0n) is 25.6. The SMILES string of the molecule is Cn1cc(-c2cnc(N)c(C(=O)N[C@H]3COC[C@@H]3OCc3ccc(-c4ccc(CN5CCN(CCO)CC5)cc4)cc3)c2)cn1. The molecule has 2 fully saturated rings. The van der Waals surface area contributed by atoms with Crippen molar-refractivity contribution in [3.63, 3.8) is 0 Å². The minimum Gasteiger partial charge on any atom is -0.395 e. The lowest BCUT2D eigenvalue weighted by atomic mass is 10.0. The minimum absolute atomic E-state index is 0.166. The molecule has 0 radical (unpaired) electrons. The Labute approximate surface area is 263 Å². The van der Waals surface area contributed by atoms with Crippen LogP contribution in [-0.2, 0) is 29.7 Å². The van der Waals surface area contributed by atoms with E-state index in [1.54, 1.807) is 23.1 Å². The molecular weight excluding hydrogens is 570 g/mol. The van der Waals surface area contributed by atoms with E-state index in [0.29, 0.717) is 25.4 Å². The number of aryl methyl sites for hydroxylation is 1. The van der Waals surface area contributed by atoms with Crippen molar-refractivity contribution in [1.29, 1.82) is 0 Å². The summed E-state index contributed by atoms with van der Waals surface area (Å²) in [5.41, 5.74) is 12.7. The van der Waals surface area contributed by atoms with Crippen LogP contribution in [0.2, 0.25) is 0 Å². The van der Waals surface area contributed by atoms with Crippen LogP contribution < -0.4 is 11.1 Å². The molecule has 11 heteroatoms. The number of hydrogen-bond acceptors (Lipinski definition) is 9. The summed E-state index contributed by atoms with van der Waals surface area (Å²) in [5, 5.41) is 16.4. The summed E-state index contributed by atoms with van der Waals surface area (Å²) < 4.78 is 13.6. The van der Waals surface area contributed by atoms with Gasteiger partial charge < -0.3 is 25.6 Å². The van der Waals surface area contributed by atoms with Crippen LogP contribution in [0.5, 0.6) is 0 Å². The Kier molecular flexibility index (Phi) is 9.82. The molecule has 2 aromatic heterocycles. The van der Waals surface area contributed by atoms with Crippen LogP contribution in [0, 0.1) is 0 Å². The number of nitrogens with one attached hydrogen (secondary N) is 1. The number of ether oxygens (including phenoxy) is 2. The fraction of sp³-hybridized carbons (Fsp3) is 0.382. The van der Waals surface area contributed by atoms with Crippen LogP contribution in [0.3, 0.4) is 0 Å². The molecule has 45 heavy (non-hydrogen) atoms. The standard InChI is InChI=1S/C34H41N7O4/c1-39-20-29(18-37-39)28-16-30(33(35)36-17-28)34(43)38-31-22-44-23-32(31)45-21-25-4-8-27(9-5-25)26-6-2-24(3-7-26)19-41-12-10-40(11-13-41)14-15-42/h2-9,16-18,20,31-32,42H,10-15,19,21-23H2,1H3,(H2,35,36)(H,38,43)/t31-,32-/m0/s1. The van der Waals surface area contributed by atoms with Gasteiger partial charge in [-0.05, 0) is 28.3 Å². The zero-order valence-corrected chi connectivity index (χ0v) is 25.6. The first-order valence-electron chi connectivity index (χ1n) is 15.4. The summed E-state index contributed by atoms with van der Waals surface area (Å²) in [6, 6.07) is 18.6. The average Bonchev–Trinajstić information content (AvgIpc) is 3.70. The Hall–Kier alpha value is -4.13. The highest BCUT2D eigenvalue weighted by molar-refractivity contribution is 5.99. The van der Waals surface area contributed by atoms with Gasteiger partial charge >= 0.3 is 0 Å². The molecule has 4 aromatic rings. The average molecular weight is 612 g/mol. The number of amides is 1. The molecule has 0 saturated carbocycles. The van der Waals surface area contributed by atoms with Gasteiger partial charge in [0.25, 0.3) is 5.91 Å². The number of carbonyl (C=O) groups excluding carboxylic acids is 1. The maximum atomic E-state index is 13.2. The van der Waals surface area contributed by atoms with Crippen LogP contribution >= 0.6 is 0 Å². The van der Waals surface area contributed by atoms with E-state index in [-0.39, 0.29) is 30.5 Å². The second-order valence-electron chi connectivity index (χ2n) is 11.8. The van der Waals surface area contributed by atoms with Gasteiger partial charge in [0, 0.05) is 69.8 Å². The number of aliphatic hydroxyl groups excluding tert-OH is 1. The number of benzene rings is 2. The number of aliphatic hydroxyl groups is 1. The van der Waals surface area contributed by atoms with E-state index in [4.69, 9.17) is 20.3 Å². The molecule has 4 N–H and O–H groups in total. The lowest BCUT2D eigenvalue weighted by molar-refractivity contribution is 0.0218. The molecule has 2 aliphatic rings. The van der Waals surface area contributed by atoms with E-state index in [9.17, 15) is 4.79 Å². The molecule has 2 atom stereocenters. The van der Waals surface area contributed by atoms with Crippen LogP contribution in [0.1, 0.15) is 21.5 Å². The smallest absolute Gasteiger partial charge is 0.255 e. The number of aromatic nitrogens is 3. The summed E-state index contributed by atoms with van der Waals surface area (Å²) in [7, 11) is 1.83. The van der Waals surface area contributed by atoms with Crippen molar-refractivity contribution in [3.8, 4) is 22.3 Å². The monoisotopic (exact) mass is 611 g/mol. The van der Waals surface area contributed by atoms with Crippen molar-refractivity contribution in [2.45, 2.75) is 25.3 Å². The van der Waals surface area contributed by atoms with Gasteiger partial charge in [0.05, 0.1) is 44.2 Å². The molecule has 4 heterocycles. The maximum absolute atomic E-state index is 13.2. The lowest BCUT2D eigenvalue weighted by Gasteiger charge is -2.34. The summed E-state index contributed by atoms with van der Waals surface area (Å²) in [4.78, 5) is 22.2. The van der Waals surface area contributed by atoms with E-state index < -0.39 is 0 Å². The minimum atomic E-state index is -0.314. The third-order valence-electron chi connectivity index (χ3n) is 8.54. The van der Waals surface area contributed by atoms with Crippen molar-refractivity contribution in [2.24, 2.45) is 7.05 Å². The van der Waals surface area contributed by atoms with Gasteiger partial charge in [0.1, 0.15) is 11.9 Å². The molecule has 1 amide bonds. The van der Waals surface area contributed by atoms with Crippen LogP contribution in [0.15, 0.2) is 73.2 Å². The predicted octanol–water partition coefficient (Wildman–Crippen LogP) is 2.56. The number of nitrogen functional groups attached to an aromatic ring is 1. The van der Waals surface area contributed by atoms with Gasteiger partial charge in [-0.25, -0.2) is 4.98 Å². The molecular formula is C34H41N7O4. The van der Waals surface area contributed by atoms with Gasteiger partial charge in [-0.2, -0.15) is 5.10 Å². The summed E-state index contributed by atoms with van der Waals surface area (Å²) >= 11 is 0.